The Hall–Kier alpha value is -0.490. The molecule has 0 aliphatic carbocycles. The quantitative estimate of drug-likeness (QED) is 0.833. The molecule has 1 aliphatic heterocycles. The molecule has 106 valence electrons. The van der Waals surface area contributed by atoms with Gasteiger partial charge in [-0.2, -0.15) is 0 Å². The van der Waals surface area contributed by atoms with Crippen LogP contribution in [-0.4, -0.2) is 56.1 Å². The van der Waals surface area contributed by atoms with Gasteiger partial charge in [0.05, 0.1) is 0 Å². The largest absolute Gasteiger partial charge is 0.311 e. The predicted molar refractivity (Wildman–Crippen MR) is 79.7 cm³/mol. The van der Waals surface area contributed by atoms with E-state index < -0.39 is 0 Å². The molecule has 1 aromatic rings. The van der Waals surface area contributed by atoms with Crippen LogP contribution in [-0.2, 0) is 6.54 Å². The molecule has 1 saturated heterocycles. The van der Waals surface area contributed by atoms with Crippen LogP contribution < -0.4 is 5.32 Å². The summed E-state index contributed by atoms with van der Waals surface area (Å²) in [4.78, 5) is 4.80. The molecule has 0 bridgehead atoms. The summed E-state index contributed by atoms with van der Waals surface area (Å²) in [5.41, 5.74) is 0.724. The van der Waals surface area contributed by atoms with Crippen LogP contribution in [0.1, 0.15) is 5.56 Å². The Morgan fingerprint density at radius 3 is 2.68 bits per heavy atom. The first-order valence-electron chi connectivity index (χ1n) is 6.71. The Morgan fingerprint density at radius 2 is 2.00 bits per heavy atom. The summed E-state index contributed by atoms with van der Waals surface area (Å²) in [6, 6.07) is 5.21. The van der Waals surface area contributed by atoms with Crippen molar-refractivity contribution in [1.82, 2.24) is 15.1 Å². The Labute approximate surface area is 122 Å². The van der Waals surface area contributed by atoms with Crippen LogP contribution in [0.2, 0.25) is 0 Å². The van der Waals surface area contributed by atoms with Gasteiger partial charge in [-0.15, -0.1) is 0 Å². The third-order valence-corrected chi connectivity index (χ3v) is 4.02. The monoisotopic (exact) mass is 329 g/mol. The first-order valence-corrected chi connectivity index (χ1v) is 7.50. The van der Waals surface area contributed by atoms with Crippen molar-refractivity contribution in [3.8, 4) is 0 Å². The minimum Gasteiger partial charge on any atom is -0.311 e. The molecule has 0 unspecified atom stereocenters. The first kappa shape index (κ1) is 14.9. The van der Waals surface area contributed by atoms with E-state index in [-0.39, 0.29) is 5.82 Å². The average Bonchev–Trinajstić information content (AvgIpc) is 2.39. The SMILES string of the molecule is CN1CCN(CCNCc2ccc(Br)cc2F)CC1. The van der Waals surface area contributed by atoms with Gasteiger partial charge in [0, 0.05) is 55.8 Å². The van der Waals surface area contributed by atoms with Crippen LogP contribution in [0, 0.1) is 5.82 Å². The average molecular weight is 330 g/mol. The lowest BCUT2D eigenvalue weighted by atomic mass is 10.2. The van der Waals surface area contributed by atoms with Gasteiger partial charge in [-0.05, 0) is 19.2 Å². The van der Waals surface area contributed by atoms with Gasteiger partial charge in [-0.1, -0.05) is 22.0 Å². The van der Waals surface area contributed by atoms with Crippen molar-refractivity contribution < 1.29 is 4.39 Å². The maximum Gasteiger partial charge on any atom is 0.128 e. The van der Waals surface area contributed by atoms with Gasteiger partial charge in [-0.3, -0.25) is 4.90 Å². The molecule has 0 saturated carbocycles. The number of hydrogen-bond acceptors (Lipinski definition) is 3. The fraction of sp³-hybridized carbons (Fsp3) is 0.571. The zero-order valence-corrected chi connectivity index (χ0v) is 12.9. The van der Waals surface area contributed by atoms with E-state index in [0.717, 1.165) is 49.3 Å². The summed E-state index contributed by atoms with van der Waals surface area (Å²) < 4.78 is 14.4. The van der Waals surface area contributed by atoms with Gasteiger partial charge in [-0.25, -0.2) is 4.39 Å². The number of piperazine rings is 1. The minimum absolute atomic E-state index is 0.151. The second-order valence-corrected chi connectivity index (χ2v) is 5.97. The van der Waals surface area contributed by atoms with Crippen LogP contribution in [0.4, 0.5) is 4.39 Å². The molecule has 0 radical (unpaired) electrons. The summed E-state index contributed by atoms with van der Waals surface area (Å²) in [6.45, 7) is 7.07. The molecule has 1 aromatic carbocycles. The highest BCUT2D eigenvalue weighted by Crippen LogP contribution is 2.14. The highest BCUT2D eigenvalue weighted by atomic mass is 79.9. The van der Waals surface area contributed by atoms with E-state index in [1.54, 1.807) is 0 Å². The van der Waals surface area contributed by atoms with Crippen molar-refractivity contribution in [3.05, 3.63) is 34.1 Å². The topological polar surface area (TPSA) is 18.5 Å². The van der Waals surface area contributed by atoms with Crippen molar-refractivity contribution in [2.24, 2.45) is 0 Å². The maximum absolute atomic E-state index is 13.6. The molecule has 0 atom stereocenters. The van der Waals surface area contributed by atoms with E-state index in [1.165, 1.54) is 6.07 Å². The van der Waals surface area contributed by atoms with Crippen molar-refractivity contribution >= 4 is 15.9 Å². The molecule has 0 spiro atoms. The molecule has 0 aromatic heterocycles. The summed E-state index contributed by atoms with van der Waals surface area (Å²) in [7, 11) is 2.16. The zero-order valence-electron chi connectivity index (χ0n) is 11.3. The second-order valence-electron chi connectivity index (χ2n) is 5.06. The lowest BCUT2D eigenvalue weighted by Crippen LogP contribution is -2.46. The molecule has 2 rings (SSSR count). The van der Waals surface area contributed by atoms with Crippen molar-refractivity contribution in [3.63, 3.8) is 0 Å². The predicted octanol–water partition coefficient (Wildman–Crippen LogP) is 1.93. The molecule has 1 aliphatic rings. The molecule has 0 amide bonds. The number of likely N-dealkylation sites (N-methyl/N-ethyl adjacent to an activating group) is 1. The van der Waals surface area contributed by atoms with Gasteiger partial charge in [0.25, 0.3) is 0 Å². The van der Waals surface area contributed by atoms with Gasteiger partial charge in [0.1, 0.15) is 5.82 Å². The number of nitrogens with zero attached hydrogens (tertiary/aromatic N) is 2. The highest BCUT2D eigenvalue weighted by molar-refractivity contribution is 9.10. The Balaban J connectivity index is 1.66. The Morgan fingerprint density at radius 1 is 1.26 bits per heavy atom. The smallest absolute Gasteiger partial charge is 0.128 e. The summed E-state index contributed by atoms with van der Waals surface area (Å²) in [6.07, 6.45) is 0. The molecule has 1 heterocycles. The molecule has 3 nitrogen and oxygen atoms in total. The fourth-order valence-corrected chi connectivity index (χ4v) is 2.53. The van der Waals surface area contributed by atoms with Gasteiger partial charge in [0.15, 0.2) is 0 Å². The van der Waals surface area contributed by atoms with E-state index in [0.29, 0.717) is 6.54 Å². The van der Waals surface area contributed by atoms with Gasteiger partial charge in [0.2, 0.25) is 0 Å². The Kier molecular flexibility index (Phi) is 5.76. The Bertz CT molecular complexity index is 406. The van der Waals surface area contributed by atoms with Gasteiger partial charge < -0.3 is 10.2 Å². The number of hydrogen-bond donors (Lipinski definition) is 1. The second kappa shape index (κ2) is 7.33. The summed E-state index contributed by atoms with van der Waals surface area (Å²) in [5.74, 6) is -0.151. The third-order valence-electron chi connectivity index (χ3n) is 3.53. The standard InChI is InChI=1S/C14H21BrFN3/c1-18-6-8-19(9-7-18)5-4-17-11-12-2-3-13(15)10-14(12)16/h2-3,10,17H,4-9,11H2,1H3. The van der Waals surface area contributed by atoms with E-state index >= 15 is 0 Å². The van der Waals surface area contributed by atoms with Gasteiger partial charge >= 0.3 is 0 Å². The third kappa shape index (κ3) is 4.84. The van der Waals surface area contributed by atoms with Crippen LogP contribution in [0.25, 0.3) is 0 Å². The van der Waals surface area contributed by atoms with Crippen molar-refractivity contribution in [2.75, 3.05) is 46.3 Å². The first-order chi connectivity index (χ1) is 9.15. The zero-order chi connectivity index (χ0) is 13.7. The van der Waals surface area contributed by atoms with E-state index in [9.17, 15) is 4.39 Å². The summed E-state index contributed by atoms with van der Waals surface area (Å²) in [5, 5.41) is 3.31. The van der Waals surface area contributed by atoms with Crippen LogP contribution in [0.3, 0.4) is 0 Å². The lowest BCUT2D eigenvalue weighted by molar-refractivity contribution is 0.154. The fourth-order valence-electron chi connectivity index (χ4n) is 2.20. The highest BCUT2D eigenvalue weighted by Gasteiger charge is 2.12. The van der Waals surface area contributed by atoms with Crippen LogP contribution >= 0.6 is 15.9 Å². The van der Waals surface area contributed by atoms with Crippen molar-refractivity contribution in [1.29, 1.82) is 0 Å². The molecule has 1 N–H and O–H groups in total. The number of nitrogens with one attached hydrogen (secondary N) is 1. The van der Waals surface area contributed by atoms with E-state index in [1.807, 2.05) is 12.1 Å². The number of benzene rings is 1. The molecular weight excluding hydrogens is 309 g/mol. The lowest BCUT2D eigenvalue weighted by Gasteiger charge is -2.32. The minimum atomic E-state index is -0.151. The molecule has 5 heteroatoms. The summed E-state index contributed by atoms with van der Waals surface area (Å²) >= 11 is 3.26. The molecule has 19 heavy (non-hydrogen) atoms. The normalized spacial score (nSPS) is 17.8. The molecule has 1 fully saturated rings. The number of rotatable bonds is 5. The van der Waals surface area contributed by atoms with Crippen LogP contribution in [0.15, 0.2) is 22.7 Å². The van der Waals surface area contributed by atoms with Crippen LogP contribution in [0.5, 0.6) is 0 Å². The number of halogens is 2. The maximum atomic E-state index is 13.6. The van der Waals surface area contributed by atoms with E-state index in [4.69, 9.17) is 0 Å². The van der Waals surface area contributed by atoms with E-state index in [2.05, 4.69) is 38.1 Å². The molecular formula is C14H21BrFN3. The van der Waals surface area contributed by atoms with Crippen molar-refractivity contribution in [2.45, 2.75) is 6.54 Å².